The number of thioether (sulfide) groups is 1. The van der Waals surface area contributed by atoms with Crippen LogP contribution in [0.25, 0.3) is 0 Å². The Morgan fingerprint density at radius 3 is 2.53 bits per heavy atom. The van der Waals surface area contributed by atoms with E-state index in [-0.39, 0.29) is 5.91 Å². The van der Waals surface area contributed by atoms with E-state index < -0.39 is 4.75 Å². The fraction of sp³-hybridized carbons (Fsp3) is 0.417. The zero-order chi connectivity index (χ0) is 12.9. The molecule has 0 spiro atoms. The second-order valence-electron chi connectivity index (χ2n) is 4.11. The van der Waals surface area contributed by atoms with Crippen molar-refractivity contribution in [3.8, 4) is 0 Å². The number of amides is 1. The fourth-order valence-electron chi connectivity index (χ4n) is 1.24. The lowest BCUT2D eigenvalue weighted by Crippen LogP contribution is -2.41. The van der Waals surface area contributed by atoms with Crippen LogP contribution in [0.4, 0.5) is 0 Å². The van der Waals surface area contributed by atoms with Gasteiger partial charge >= 0.3 is 0 Å². The molecule has 1 amide bonds. The summed E-state index contributed by atoms with van der Waals surface area (Å²) in [7, 11) is 0. The first-order valence-electron chi connectivity index (χ1n) is 5.38. The van der Waals surface area contributed by atoms with E-state index in [0.717, 1.165) is 4.90 Å². The zero-order valence-electron chi connectivity index (χ0n) is 10.00. The molecule has 3 N–H and O–H groups in total. The average molecular weight is 273 g/mol. The quantitative estimate of drug-likeness (QED) is 0.809. The highest BCUT2D eigenvalue weighted by Gasteiger charge is 2.28. The van der Waals surface area contributed by atoms with Crippen molar-refractivity contribution in [3.05, 3.63) is 29.3 Å². The van der Waals surface area contributed by atoms with Gasteiger partial charge in [0.1, 0.15) is 0 Å². The molecule has 0 saturated heterocycles. The maximum Gasteiger partial charge on any atom is 0.236 e. The molecule has 0 aliphatic carbocycles. The maximum absolute atomic E-state index is 11.9. The summed E-state index contributed by atoms with van der Waals surface area (Å²) in [6.07, 6.45) is 0. The van der Waals surface area contributed by atoms with E-state index in [1.54, 1.807) is 0 Å². The molecule has 0 atom stereocenters. The van der Waals surface area contributed by atoms with Crippen LogP contribution in [0.15, 0.2) is 29.2 Å². The van der Waals surface area contributed by atoms with Crippen LogP contribution in [0.1, 0.15) is 13.8 Å². The summed E-state index contributed by atoms with van der Waals surface area (Å²) in [5.74, 6) is -0.0112. The Morgan fingerprint density at radius 1 is 1.41 bits per heavy atom. The lowest BCUT2D eigenvalue weighted by molar-refractivity contribution is -0.122. The third-order valence-electron chi connectivity index (χ3n) is 2.16. The van der Waals surface area contributed by atoms with Gasteiger partial charge in [-0.15, -0.1) is 11.8 Å². The molecule has 5 heteroatoms. The molecule has 1 rings (SSSR count). The van der Waals surface area contributed by atoms with Crippen LogP contribution in [0.3, 0.4) is 0 Å². The minimum atomic E-state index is -0.525. The van der Waals surface area contributed by atoms with Crippen LogP contribution < -0.4 is 11.1 Å². The molecule has 1 aromatic carbocycles. The predicted octanol–water partition coefficient (Wildman–Crippen LogP) is 2.29. The van der Waals surface area contributed by atoms with Gasteiger partial charge in [-0.2, -0.15) is 0 Å². The van der Waals surface area contributed by atoms with Gasteiger partial charge in [0, 0.05) is 23.0 Å². The van der Waals surface area contributed by atoms with Crippen LogP contribution in [0, 0.1) is 0 Å². The normalized spacial score (nSPS) is 11.3. The number of rotatable bonds is 5. The molecule has 0 aliphatic heterocycles. The molecular weight excluding hydrogens is 256 g/mol. The monoisotopic (exact) mass is 272 g/mol. The summed E-state index contributed by atoms with van der Waals surface area (Å²) in [6.45, 7) is 4.73. The van der Waals surface area contributed by atoms with Crippen molar-refractivity contribution in [2.75, 3.05) is 13.1 Å². The highest BCUT2D eigenvalue weighted by Crippen LogP contribution is 2.33. The molecule has 0 heterocycles. The molecule has 0 saturated carbocycles. The number of halogens is 1. The fourth-order valence-corrected chi connectivity index (χ4v) is 2.39. The van der Waals surface area contributed by atoms with Gasteiger partial charge < -0.3 is 11.1 Å². The summed E-state index contributed by atoms with van der Waals surface area (Å²) < 4.78 is -0.525. The lowest BCUT2D eigenvalue weighted by Gasteiger charge is -2.22. The first-order valence-corrected chi connectivity index (χ1v) is 6.58. The highest BCUT2D eigenvalue weighted by atomic mass is 35.5. The molecule has 0 aromatic heterocycles. The van der Waals surface area contributed by atoms with E-state index in [2.05, 4.69) is 5.32 Å². The first-order chi connectivity index (χ1) is 7.95. The van der Waals surface area contributed by atoms with E-state index in [0.29, 0.717) is 18.1 Å². The SMILES string of the molecule is CC(C)(Sc1ccc(Cl)cc1)C(=O)NCCN. The van der Waals surface area contributed by atoms with Gasteiger partial charge in [-0.1, -0.05) is 11.6 Å². The van der Waals surface area contributed by atoms with Gasteiger partial charge in [-0.25, -0.2) is 0 Å². The topological polar surface area (TPSA) is 55.1 Å². The molecule has 1 aromatic rings. The van der Waals surface area contributed by atoms with Gasteiger partial charge in [0.05, 0.1) is 4.75 Å². The molecule has 0 radical (unpaired) electrons. The minimum Gasteiger partial charge on any atom is -0.354 e. The number of carbonyl (C=O) groups is 1. The summed E-state index contributed by atoms with van der Waals surface area (Å²) in [5, 5.41) is 3.49. The molecule has 0 unspecified atom stereocenters. The molecule has 3 nitrogen and oxygen atoms in total. The Morgan fingerprint density at radius 2 is 2.00 bits per heavy atom. The highest BCUT2D eigenvalue weighted by molar-refractivity contribution is 8.01. The molecule has 0 aliphatic rings. The Kier molecular flexibility index (Phi) is 5.31. The maximum atomic E-state index is 11.9. The summed E-state index contributed by atoms with van der Waals surface area (Å²) in [5.41, 5.74) is 5.35. The number of nitrogens with one attached hydrogen (secondary N) is 1. The number of hydrogen-bond acceptors (Lipinski definition) is 3. The Labute approximate surface area is 111 Å². The van der Waals surface area contributed by atoms with Crippen LogP contribution in [-0.2, 0) is 4.79 Å². The van der Waals surface area contributed by atoms with Crippen molar-refractivity contribution in [1.29, 1.82) is 0 Å². The van der Waals surface area contributed by atoms with Crippen LogP contribution in [-0.4, -0.2) is 23.7 Å². The van der Waals surface area contributed by atoms with Crippen molar-refractivity contribution in [1.82, 2.24) is 5.32 Å². The standard InChI is InChI=1S/C12H17ClN2OS/c1-12(2,11(16)15-8-7-14)17-10-5-3-9(13)4-6-10/h3-6H,7-8,14H2,1-2H3,(H,15,16). The Hall–Kier alpha value is -0.710. The Balaban J connectivity index is 2.65. The summed E-state index contributed by atoms with van der Waals surface area (Å²) in [6, 6.07) is 7.45. The van der Waals surface area contributed by atoms with Crippen LogP contribution in [0.5, 0.6) is 0 Å². The molecule has 17 heavy (non-hydrogen) atoms. The summed E-state index contributed by atoms with van der Waals surface area (Å²) >= 11 is 7.31. The van der Waals surface area contributed by atoms with Crippen LogP contribution >= 0.6 is 23.4 Å². The van der Waals surface area contributed by atoms with Crippen molar-refractivity contribution in [2.24, 2.45) is 5.73 Å². The predicted molar refractivity (Wildman–Crippen MR) is 73.5 cm³/mol. The number of nitrogens with two attached hydrogens (primary N) is 1. The van der Waals surface area contributed by atoms with Crippen molar-refractivity contribution >= 4 is 29.3 Å². The van der Waals surface area contributed by atoms with Crippen LogP contribution in [0.2, 0.25) is 5.02 Å². The second kappa shape index (κ2) is 6.28. The number of hydrogen-bond donors (Lipinski definition) is 2. The largest absolute Gasteiger partial charge is 0.354 e. The molecule has 0 fully saturated rings. The lowest BCUT2D eigenvalue weighted by atomic mass is 10.2. The minimum absolute atomic E-state index is 0.0112. The van der Waals surface area contributed by atoms with E-state index >= 15 is 0 Å². The third-order valence-corrected chi connectivity index (χ3v) is 3.62. The van der Waals surface area contributed by atoms with Crippen molar-refractivity contribution < 1.29 is 4.79 Å². The third kappa shape index (κ3) is 4.58. The molecule has 94 valence electrons. The van der Waals surface area contributed by atoms with Gasteiger partial charge in [-0.05, 0) is 38.1 Å². The van der Waals surface area contributed by atoms with Gasteiger partial charge in [0.2, 0.25) is 5.91 Å². The second-order valence-corrected chi connectivity index (χ2v) is 6.24. The Bertz CT molecular complexity index is 379. The van der Waals surface area contributed by atoms with Gasteiger partial charge in [0.15, 0.2) is 0 Å². The average Bonchev–Trinajstić information content (AvgIpc) is 2.28. The smallest absolute Gasteiger partial charge is 0.236 e. The van der Waals surface area contributed by atoms with E-state index in [4.69, 9.17) is 17.3 Å². The van der Waals surface area contributed by atoms with E-state index in [1.165, 1.54) is 11.8 Å². The van der Waals surface area contributed by atoms with E-state index in [1.807, 2.05) is 38.1 Å². The van der Waals surface area contributed by atoms with Gasteiger partial charge in [-0.3, -0.25) is 4.79 Å². The zero-order valence-corrected chi connectivity index (χ0v) is 11.6. The number of benzene rings is 1. The van der Waals surface area contributed by atoms with E-state index in [9.17, 15) is 4.79 Å². The molecular formula is C12H17ClN2OS. The first kappa shape index (κ1) is 14.4. The van der Waals surface area contributed by atoms with Crippen molar-refractivity contribution in [3.63, 3.8) is 0 Å². The molecule has 0 bridgehead atoms. The van der Waals surface area contributed by atoms with Crippen molar-refractivity contribution in [2.45, 2.75) is 23.5 Å². The number of carbonyl (C=O) groups excluding carboxylic acids is 1. The van der Waals surface area contributed by atoms with Gasteiger partial charge in [0.25, 0.3) is 0 Å². The summed E-state index contributed by atoms with van der Waals surface area (Å²) in [4.78, 5) is 12.9.